The molecule has 2 aromatic rings. The molecule has 2 aliphatic carbocycles. The zero-order valence-electron chi connectivity index (χ0n) is 19.2. The molecule has 2 saturated carbocycles. The Labute approximate surface area is 202 Å². The van der Waals surface area contributed by atoms with Gasteiger partial charge in [0.25, 0.3) is 11.8 Å². The summed E-state index contributed by atoms with van der Waals surface area (Å²) < 4.78 is 17.7. The van der Waals surface area contributed by atoms with Crippen LogP contribution in [0.25, 0.3) is 0 Å². The Morgan fingerprint density at radius 2 is 1.59 bits per heavy atom. The van der Waals surface area contributed by atoms with Gasteiger partial charge in [-0.15, -0.1) is 0 Å². The minimum atomic E-state index is -0.879. The van der Waals surface area contributed by atoms with Crippen molar-refractivity contribution >= 4 is 40.6 Å². The van der Waals surface area contributed by atoms with Crippen LogP contribution in [-0.2, 0) is 4.79 Å². The van der Waals surface area contributed by atoms with Gasteiger partial charge >= 0.3 is 0 Å². The number of benzene rings is 1. The highest BCUT2D eigenvalue weighted by Crippen LogP contribution is 2.29. The maximum absolute atomic E-state index is 13.6. The number of anilines is 2. The number of hydrogen-bond donors (Lipinski definition) is 3. The maximum atomic E-state index is 13.6. The summed E-state index contributed by atoms with van der Waals surface area (Å²) in [4.78, 5) is 40.7. The second-order valence-corrected chi connectivity index (χ2v) is 9.82. The van der Waals surface area contributed by atoms with Gasteiger partial charge in [0.2, 0.25) is 5.91 Å². The van der Waals surface area contributed by atoms with E-state index in [9.17, 15) is 18.8 Å². The van der Waals surface area contributed by atoms with E-state index in [4.69, 9.17) is 5.73 Å². The molecule has 0 saturated heterocycles. The largest absolute Gasteiger partial charge is 0.395 e. The van der Waals surface area contributed by atoms with Gasteiger partial charge in [-0.1, -0.05) is 25.7 Å². The average Bonchev–Trinajstić information content (AvgIpc) is 3.58. The predicted octanol–water partition coefficient (Wildman–Crippen LogP) is 3.63. The molecule has 0 unspecified atom stereocenters. The molecule has 1 heterocycles. The molecule has 4 N–H and O–H groups in total. The molecule has 1 atom stereocenters. The number of hydrogen-bond acceptors (Lipinski definition) is 6. The lowest BCUT2D eigenvalue weighted by molar-refractivity contribution is -0.122. The lowest BCUT2D eigenvalue weighted by Gasteiger charge is -2.29. The molecule has 0 bridgehead atoms. The molecule has 8 nitrogen and oxygen atoms in total. The second-order valence-electron chi connectivity index (χ2n) is 9.05. The van der Waals surface area contributed by atoms with E-state index in [0.717, 1.165) is 62.9 Å². The fourth-order valence-corrected chi connectivity index (χ4v) is 5.41. The van der Waals surface area contributed by atoms with Gasteiger partial charge in [0.05, 0.1) is 5.69 Å². The molecule has 4 rings (SSSR count). The fourth-order valence-electron chi connectivity index (χ4n) is 4.68. The molecule has 0 radical (unpaired) electrons. The average molecular weight is 488 g/mol. The first-order valence-electron chi connectivity index (χ1n) is 11.8. The van der Waals surface area contributed by atoms with Gasteiger partial charge in [0.1, 0.15) is 16.7 Å². The number of aromatic nitrogens is 1. The Morgan fingerprint density at radius 3 is 2.18 bits per heavy atom. The summed E-state index contributed by atoms with van der Waals surface area (Å²) in [6.07, 6.45) is 7.88. The zero-order chi connectivity index (χ0) is 24.2. The molecule has 2 aliphatic rings. The minimum Gasteiger partial charge on any atom is -0.395 e. The molecule has 0 spiro atoms. The monoisotopic (exact) mass is 487 g/mol. The van der Waals surface area contributed by atoms with Crippen LogP contribution in [0.3, 0.4) is 0 Å². The van der Waals surface area contributed by atoms with Crippen molar-refractivity contribution in [3.8, 4) is 0 Å². The van der Waals surface area contributed by atoms with Crippen LogP contribution in [0.5, 0.6) is 0 Å². The molecule has 3 amide bonds. The van der Waals surface area contributed by atoms with Crippen LogP contribution in [0, 0.1) is 5.82 Å². The fraction of sp³-hybridized carbons (Fsp3) is 0.500. The van der Waals surface area contributed by atoms with Crippen molar-refractivity contribution in [3.05, 3.63) is 40.7 Å². The number of nitrogens with one attached hydrogen (secondary N) is 2. The molecule has 1 aromatic carbocycles. The lowest BCUT2D eigenvalue weighted by Crippen LogP contribution is -2.50. The van der Waals surface area contributed by atoms with Gasteiger partial charge in [0, 0.05) is 17.8 Å². The second kappa shape index (κ2) is 10.5. The third-order valence-electron chi connectivity index (χ3n) is 6.62. The molecule has 10 heteroatoms. The predicted molar refractivity (Wildman–Crippen MR) is 129 cm³/mol. The summed E-state index contributed by atoms with van der Waals surface area (Å²) in [5.41, 5.74) is 6.56. The van der Waals surface area contributed by atoms with E-state index in [1.165, 1.54) is 29.2 Å². The van der Waals surface area contributed by atoms with Crippen LogP contribution in [0.2, 0.25) is 0 Å². The topological polar surface area (TPSA) is 117 Å². The molecule has 2 fully saturated rings. The Kier molecular flexibility index (Phi) is 7.45. The number of nitrogens with zero attached hydrogens (tertiary/aromatic N) is 2. The van der Waals surface area contributed by atoms with Gasteiger partial charge < -0.3 is 16.4 Å². The van der Waals surface area contributed by atoms with Crippen molar-refractivity contribution in [2.75, 3.05) is 10.6 Å². The first kappa shape index (κ1) is 24.1. The number of nitrogen functional groups attached to an aromatic ring is 1. The molecule has 1 aromatic heterocycles. The quantitative estimate of drug-likeness (QED) is 0.551. The molecule has 182 valence electrons. The number of carbonyl (C=O) groups is 3. The molecular weight excluding hydrogens is 457 g/mol. The van der Waals surface area contributed by atoms with E-state index in [1.807, 2.05) is 0 Å². The molecule has 34 heavy (non-hydrogen) atoms. The molecule has 0 aliphatic heterocycles. The van der Waals surface area contributed by atoms with Crippen LogP contribution in [0.4, 0.5) is 15.8 Å². The Balaban J connectivity index is 1.58. The summed E-state index contributed by atoms with van der Waals surface area (Å²) in [7, 11) is 0. The summed E-state index contributed by atoms with van der Waals surface area (Å²) in [6, 6.07) is 4.63. The number of carbonyl (C=O) groups excluding carboxylic acids is 3. The van der Waals surface area contributed by atoms with Crippen LogP contribution in [0.1, 0.15) is 78.5 Å². The highest BCUT2D eigenvalue weighted by Gasteiger charge is 2.34. The Hall–Kier alpha value is -3.01. The Bertz CT molecular complexity index is 1050. The van der Waals surface area contributed by atoms with Crippen LogP contribution < -0.4 is 21.3 Å². The smallest absolute Gasteiger partial charge is 0.273 e. The van der Waals surface area contributed by atoms with Crippen LogP contribution in [-0.4, -0.2) is 40.2 Å². The highest BCUT2D eigenvalue weighted by molar-refractivity contribution is 7.09. The number of halogens is 1. The van der Waals surface area contributed by atoms with Crippen molar-refractivity contribution in [1.82, 2.24) is 15.0 Å². The van der Waals surface area contributed by atoms with Crippen molar-refractivity contribution in [3.63, 3.8) is 0 Å². The SMILES string of the molecule is C[C@H](C(=O)NC1CCCC1)N(C(=O)c1snc(C(=O)NC2CCCC2)c1N)c1ccc(F)cc1. The van der Waals surface area contributed by atoms with Gasteiger partial charge in [-0.05, 0) is 68.4 Å². The van der Waals surface area contributed by atoms with E-state index < -0.39 is 23.7 Å². The normalized spacial score (nSPS) is 17.5. The van der Waals surface area contributed by atoms with Crippen molar-refractivity contribution in [2.45, 2.75) is 76.4 Å². The summed E-state index contributed by atoms with van der Waals surface area (Å²) >= 11 is 0.826. The first-order chi connectivity index (χ1) is 16.3. The summed E-state index contributed by atoms with van der Waals surface area (Å²) in [5, 5.41) is 5.94. The van der Waals surface area contributed by atoms with E-state index >= 15 is 0 Å². The van der Waals surface area contributed by atoms with Crippen molar-refractivity contribution < 1.29 is 18.8 Å². The number of rotatable bonds is 7. The third kappa shape index (κ3) is 5.22. The third-order valence-corrected chi connectivity index (χ3v) is 7.47. The Morgan fingerprint density at radius 1 is 1.03 bits per heavy atom. The lowest BCUT2D eigenvalue weighted by atomic mass is 10.1. The van der Waals surface area contributed by atoms with E-state index in [2.05, 4.69) is 15.0 Å². The van der Waals surface area contributed by atoms with Gasteiger partial charge in [-0.3, -0.25) is 19.3 Å². The van der Waals surface area contributed by atoms with E-state index in [1.54, 1.807) is 6.92 Å². The maximum Gasteiger partial charge on any atom is 0.273 e. The van der Waals surface area contributed by atoms with Gasteiger partial charge in [-0.25, -0.2) is 4.39 Å². The summed E-state index contributed by atoms with van der Waals surface area (Å²) in [6.45, 7) is 1.62. The first-order valence-corrected chi connectivity index (χ1v) is 12.6. The van der Waals surface area contributed by atoms with Gasteiger partial charge in [-0.2, -0.15) is 4.37 Å². The number of amides is 3. The van der Waals surface area contributed by atoms with Crippen molar-refractivity contribution in [2.24, 2.45) is 0 Å². The van der Waals surface area contributed by atoms with Crippen LogP contribution in [0.15, 0.2) is 24.3 Å². The zero-order valence-corrected chi connectivity index (χ0v) is 20.0. The van der Waals surface area contributed by atoms with Crippen LogP contribution >= 0.6 is 11.5 Å². The molecular formula is C24H30FN5O3S. The van der Waals surface area contributed by atoms with E-state index in [0.29, 0.717) is 5.69 Å². The van der Waals surface area contributed by atoms with Crippen molar-refractivity contribution in [1.29, 1.82) is 0 Å². The number of nitrogens with two attached hydrogens (primary N) is 1. The summed E-state index contributed by atoms with van der Waals surface area (Å²) in [5.74, 6) is -1.72. The minimum absolute atomic E-state index is 0.0130. The van der Waals surface area contributed by atoms with E-state index in [-0.39, 0.29) is 34.2 Å². The van der Waals surface area contributed by atoms with Gasteiger partial charge in [0.15, 0.2) is 5.69 Å². The highest BCUT2D eigenvalue weighted by atomic mass is 32.1. The standard InChI is InChI=1S/C24H30FN5O3S/c1-14(22(31)27-16-6-2-3-7-16)30(18-12-10-15(25)11-13-18)24(33)21-19(26)20(29-34-21)23(32)28-17-8-4-5-9-17/h10-14,16-17H,2-9,26H2,1H3,(H,27,31)(H,28,32)/t14-/m1/s1.